The number of rotatable bonds is 8. The van der Waals surface area contributed by atoms with Crippen LogP contribution < -0.4 is 5.32 Å². The van der Waals surface area contributed by atoms with Crippen molar-refractivity contribution in [1.29, 1.82) is 0 Å². The van der Waals surface area contributed by atoms with Crippen molar-refractivity contribution in [2.24, 2.45) is 17.3 Å². The number of carbonyl (C=O) groups excluding carboxylic acids is 2. The van der Waals surface area contributed by atoms with Crippen molar-refractivity contribution in [1.82, 2.24) is 5.32 Å². The molecule has 5 nitrogen and oxygen atoms in total. The van der Waals surface area contributed by atoms with Gasteiger partial charge in [0.1, 0.15) is 6.04 Å². The second kappa shape index (κ2) is 8.48. The molecule has 0 unspecified atom stereocenters. The van der Waals surface area contributed by atoms with Crippen LogP contribution in [-0.4, -0.2) is 31.6 Å². The Labute approximate surface area is 150 Å². The van der Waals surface area contributed by atoms with Gasteiger partial charge in [-0.2, -0.15) is 0 Å². The molecule has 1 aliphatic rings. The molecule has 0 radical (unpaired) electrons. The van der Waals surface area contributed by atoms with Gasteiger partial charge in [0.25, 0.3) is 0 Å². The smallest absolute Gasteiger partial charge is 0.328 e. The topological polar surface area (TPSA) is 64.6 Å². The van der Waals surface area contributed by atoms with Gasteiger partial charge < -0.3 is 14.8 Å². The summed E-state index contributed by atoms with van der Waals surface area (Å²) in [5, 5.41) is 2.70. The summed E-state index contributed by atoms with van der Waals surface area (Å²) in [6, 6.07) is 9.56. The van der Waals surface area contributed by atoms with E-state index in [9.17, 15) is 9.59 Å². The van der Waals surface area contributed by atoms with E-state index in [0.717, 1.165) is 6.42 Å². The fraction of sp³-hybridized carbons (Fsp3) is 0.600. The number of carbonyl (C=O) groups is 2. The van der Waals surface area contributed by atoms with Crippen molar-refractivity contribution in [3.8, 4) is 0 Å². The number of ether oxygens (including phenoxy) is 2. The number of methoxy groups -OCH3 is 1. The maximum atomic E-state index is 11.9. The van der Waals surface area contributed by atoms with Crippen LogP contribution >= 0.6 is 0 Å². The van der Waals surface area contributed by atoms with Crippen molar-refractivity contribution < 1.29 is 19.1 Å². The van der Waals surface area contributed by atoms with E-state index in [2.05, 4.69) is 31.3 Å². The summed E-state index contributed by atoms with van der Waals surface area (Å²) in [4.78, 5) is 23.2. The molecule has 3 atom stereocenters. The first-order chi connectivity index (χ1) is 11.8. The van der Waals surface area contributed by atoms with E-state index in [1.54, 1.807) is 0 Å². The zero-order chi connectivity index (χ0) is 18.4. The van der Waals surface area contributed by atoms with Crippen LogP contribution in [-0.2, 0) is 25.7 Å². The Balaban J connectivity index is 1.83. The average molecular weight is 347 g/mol. The Hall–Kier alpha value is -1.88. The Morgan fingerprint density at radius 1 is 1.24 bits per heavy atom. The van der Waals surface area contributed by atoms with Gasteiger partial charge in [-0.1, -0.05) is 44.2 Å². The lowest BCUT2D eigenvalue weighted by Gasteiger charge is -2.53. The quantitative estimate of drug-likeness (QED) is 0.735. The Kier molecular flexibility index (Phi) is 6.59. The molecule has 1 amide bonds. The maximum absolute atomic E-state index is 11.9. The van der Waals surface area contributed by atoms with Gasteiger partial charge in [-0.15, -0.1) is 0 Å². The van der Waals surface area contributed by atoms with Crippen LogP contribution in [0.25, 0.3) is 0 Å². The molecule has 0 spiro atoms. The highest BCUT2D eigenvalue weighted by atomic mass is 16.5. The molecular formula is C20H29NO4. The van der Waals surface area contributed by atoms with Gasteiger partial charge in [-0.05, 0) is 35.7 Å². The molecule has 1 fully saturated rings. The second-order valence-electron chi connectivity index (χ2n) is 7.46. The van der Waals surface area contributed by atoms with Crippen LogP contribution in [0.5, 0.6) is 0 Å². The van der Waals surface area contributed by atoms with Crippen LogP contribution in [0, 0.1) is 17.3 Å². The number of hydrogen-bond acceptors (Lipinski definition) is 4. The molecule has 0 bridgehead atoms. The zero-order valence-electron chi connectivity index (χ0n) is 15.6. The fourth-order valence-corrected chi connectivity index (χ4v) is 3.59. The minimum Gasteiger partial charge on any atom is -0.467 e. The first kappa shape index (κ1) is 19.4. The van der Waals surface area contributed by atoms with Crippen LogP contribution in [0.1, 0.15) is 39.2 Å². The fourth-order valence-electron chi connectivity index (χ4n) is 3.59. The third kappa shape index (κ3) is 5.05. The van der Waals surface area contributed by atoms with Crippen molar-refractivity contribution in [3.63, 3.8) is 0 Å². The third-order valence-corrected chi connectivity index (χ3v) is 5.49. The Morgan fingerprint density at radius 3 is 2.48 bits per heavy atom. The zero-order valence-corrected chi connectivity index (χ0v) is 15.6. The van der Waals surface area contributed by atoms with Crippen molar-refractivity contribution in [2.75, 3.05) is 13.7 Å². The second-order valence-corrected chi connectivity index (χ2v) is 7.46. The lowest BCUT2D eigenvalue weighted by Crippen LogP contribution is -2.51. The third-order valence-electron chi connectivity index (χ3n) is 5.49. The largest absolute Gasteiger partial charge is 0.467 e. The highest BCUT2D eigenvalue weighted by Gasteiger charge is 2.49. The van der Waals surface area contributed by atoms with Gasteiger partial charge in [0.15, 0.2) is 0 Å². The van der Waals surface area contributed by atoms with Crippen molar-refractivity contribution >= 4 is 11.9 Å². The monoisotopic (exact) mass is 347 g/mol. The molecule has 0 saturated heterocycles. The van der Waals surface area contributed by atoms with E-state index >= 15 is 0 Å². The lowest BCUT2D eigenvalue weighted by atomic mass is 9.53. The molecule has 5 heteroatoms. The van der Waals surface area contributed by atoms with Crippen molar-refractivity contribution in [2.45, 2.75) is 46.3 Å². The predicted octanol–water partition coefficient (Wildman–Crippen LogP) is 2.93. The normalized spacial score (nSPS) is 22.6. The first-order valence-corrected chi connectivity index (χ1v) is 8.81. The summed E-state index contributed by atoms with van der Waals surface area (Å²) in [5.41, 5.74) is 1.24. The SMILES string of the molecule is COC(=O)[C@@H](C[C@@H]1C[C@H](COCc2ccccc2)C1(C)C)NC(C)=O. The molecule has 0 heterocycles. The molecule has 1 N–H and O–H groups in total. The van der Waals surface area contributed by atoms with Crippen LogP contribution in [0.3, 0.4) is 0 Å². The summed E-state index contributed by atoms with van der Waals surface area (Å²) >= 11 is 0. The number of nitrogens with one attached hydrogen (secondary N) is 1. The van der Waals surface area contributed by atoms with Crippen molar-refractivity contribution in [3.05, 3.63) is 35.9 Å². The predicted molar refractivity (Wildman–Crippen MR) is 95.7 cm³/mol. The lowest BCUT2D eigenvalue weighted by molar-refractivity contribution is -0.147. The van der Waals surface area contributed by atoms with Crippen LogP contribution in [0.15, 0.2) is 30.3 Å². The molecule has 138 valence electrons. The molecule has 1 aromatic carbocycles. The summed E-state index contributed by atoms with van der Waals surface area (Å²) in [6.45, 7) is 7.16. The van der Waals surface area contributed by atoms with E-state index < -0.39 is 6.04 Å². The van der Waals surface area contributed by atoms with Gasteiger partial charge in [0, 0.05) is 6.92 Å². The number of hydrogen-bond donors (Lipinski definition) is 1. The minimum atomic E-state index is -0.571. The maximum Gasteiger partial charge on any atom is 0.328 e. The highest BCUT2D eigenvalue weighted by Crippen LogP contribution is 2.53. The molecule has 25 heavy (non-hydrogen) atoms. The number of esters is 1. The summed E-state index contributed by atoms with van der Waals surface area (Å²) in [6.07, 6.45) is 1.60. The molecule has 1 aliphatic carbocycles. The van der Waals surface area contributed by atoms with E-state index in [0.29, 0.717) is 31.5 Å². The molecule has 1 saturated carbocycles. The van der Waals surface area contributed by atoms with Gasteiger partial charge in [-0.25, -0.2) is 4.79 Å². The molecule has 1 aromatic rings. The first-order valence-electron chi connectivity index (χ1n) is 8.81. The molecule has 0 aromatic heterocycles. The average Bonchev–Trinajstić information content (AvgIpc) is 2.59. The Morgan fingerprint density at radius 2 is 1.92 bits per heavy atom. The summed E-state index contributed by atoms with van der Waals surface area (Å²) < 4.78 is 10.7. The molecule has 0 aliphatic heterocycles. The molecular weight excluding hydrogens is 318 g/mol. The minimum absolute atomic E-state index is 0.0709. The van der Waals surface area contributed by atoms with E-state index in [1.165, 1.54) is 19.6 Å². The standard InChI is InChI=1S/C20H29NO4/c1-14(22)21-18(19(23)24-4)11-16-10-17(20(16,2)3)13-25-12-15-8-6-5-7-9-15/h5-9,16-18H,10-13H2,1-4H3,(H,21,22)/t16-,17+,18+/m0/s1. The summed E-state index contributed by atoms with van der Waals surface area (Å²) in [5.74, 6) is 0.218. The number of amides is 1. The van der Waals surface area contributed by atoms with E-state index in [-0.39, 0.29) is 17.3 Å². The van der Waals surface area contributed by atoms with E-state index in [4.69, 9.17) is 9.47 Å². The van der Waals surface area contributed by atoms with E-state index in [1.807, 2.05) is 18.2 Å². The van der Waals surface area contributed by atoms with Gasteiger partial charge >= 0.3 is 5.97 Å². The molecule has 2 rings (SSSR count). The van der Waals surface area contributed by atoms with Crippen LogP contribution in [0.4, 0.5) is 0 Å². The number of benzene rings is 1. The van der Waals surface area contributed by atoms with Gasteiger partial charge in [-0.3, -0.25) is 4.79 Å². The summed E-state index contributed by atoms with van der Waals surface area (Å²) in [7, 11) is 1.35. The van der Waals surface area contributed by atoms with Crippen LogP contribution in [0.2, 0.25) is 0 Å². The van der Waals surface area contributed by atoms with Gasteiger partial charge in [0.2, 0.25) is 5.91 Å². The Bertz CT molecular complexity index is 585. The highest BCUT2D eigenvalue weighted by molar-refractivity contribution is 5.83. The van der Waals surface area contributed by atoms with Gasteiger partial charge in [0.05, 0.1) is 20.3 Å².